The largest absolute Gasteiger partial charge is 0.353 e. The van der Waals surface area contributed by atoms with Crippen molar-refractivity contribution in [2.75, 3.05) is 13.1 Å². The average Bonchev–Trinajstić information content (AvgIpc) is 3.25. The van der Waals surface area contributed by atoms with E-state index in [0.717, 1.165) is 25.8 Å². The summed E-state index contributed by atoms with van der Waals surface area (Å²) in [6.45, 7) is 5.86. The molecule has 5 atom stereocenters. The Kier molecular flexibility index (Phi) is 5.48. The third-order valence-corrected chi connectivity index (χ3v) is 6.61. The van der Waals surface area contributed by atoms with Crippen LogP contribution in [0.5, 0.6) is 0 Å². The quantitative estimate of drug-likeness (QED) is 0.719. The van der Waals surface area contributed by atoms with Crippen molar-refractivity contribution >= 4 is 11.8 Å². The summed E-state index contributed by atoms with van der Waals surface area (Å²) in [6, 6.07) is 0.578. The maximum absolute atomic E-state index is 13.0. The van der Waals surface area contributed by atoms with E-state index in [1.54, 1.807) is 0 Å². The average molecular weight is 335 g/mol. The summed E-state index contributed by atoms with van der Waals surface area (Å²) in [5, 5.41) is 9.75. The predicted octanol–water partition coefficient (Wildman–Crippen LogP) is 1.97. The van der Waals surface area contributed by atoms with Gasteiger partial charge in [-0.1, -0.05) is 26.7 Å². The monoisotopic (exact) mass is 335 g/mol. The molecule has 0 aromatic heterocycles. The van der Waals surface area contributed by atoms with E-state index < -0.39 is 5.41 Å². The zero-order valence-corrected chi connectivity index (χ0v) is 15.2. The van der Waals surface area contributed by atoms with Gasteiger partial charge in [0.1, 0.15) is 0 Å². The van der Waals surface area contributed by atoms with Crippen molar-refractivity contribution in [1.29, 1.82) is 0 Å². The molecule has 3 rings (SSSR count). The second kappa shape index (κ2) is 7.42. The maximum atomic E-state index is 13.0. The van der Waals surface area contributed by atoms with Gasteiger partial charge in [-0.2, -0.15) is 0 Å². The first-order chi connectivity index (χ1) is 11.5. The second-order valence-electron chi connectivity index (χ2n) is 8.45. The van der Waals surface area contributed by atoms with Gasteiger partial charge in [0.15, 0.2) is 0 Å². The molecule has 2 amide bonds. The minimum Gasteiger partial charge on any atom is -0.353 e. The van der Waals surface area contributed by atoms with Gasteiger partial charge in [0, 0.05) is 25.0 Å². The van der Waals surface area contributed by atoms with Crippen LogP contribution in [0.1, 0.15) is 65.2 Å². The van der Waals surface area contributed by atoms with Crippen LogP contribution in [0.2, 0.25) is 0 Å². The lowest BCUT2D eigenvalue weighted by molar-refractivity contribution is -0.136. The minimum atomic E-state index is -0.561. The van der Waals surface area contributed by atoms with Gasteiger partial charge < -0.3 is 16.0 Å². The van der Waals surface area contributed by atoms with Crippen molar-refractivity contribution < 1.29 is 9.59 Å². The Bertz CT molecular complexity index is 473. The van der Waals surface area contributed by atoms with Gasteiger partial charge in [-0.05, 0) is 50.5 Å². The molecule has 3 fully saturated rings. The lowest BCUT2D eigenvalue weighted by Gasteiger charge is -2.30. The van der Waals surface area contributed by atoms with Crippen LogP contribution >= 0.6 is 0 Å². The summed E-state index contributed by atoms with van der Waals surface area (Å²) in [6.07, 6.45) is 7.99. The molecule has 1 aliphatic heterocycles. The van der Waals surface area contributed by atoms with Crippen molar-refractivity contribution in [3.63, 3.8) is 0 Å². The fourth-order valence-corrected chi connectivity index (χ4v) is 4.78. The molecule has 3 N–H and O–H groups in total. The Morgan fingerprint density at radius 3 is 2.12 bits per heavy atom. The van der Waals surface area contributed by atoms with Crippen molar-refractivity contribution in [2.24, 2.45) is 17.3 Å². The van der Waals surface area contributed by atoms with Crippen LogP contribution in [-0.4, -0.2) is 37.0 Å². The second-order valence-corrected chi connectivity index (χ2v) is 8.45. The van der Waals surface area contributed by atoms with Crippen LogP contribution in [0, 0.1) is 17.3 Å². The fraction of sp³-hybridized carbons (Fsp3) is 0.895. The fourth-order valence-electron chi connectivity index (χ4n) is 4.78. The van der Waals surface area contributed by atoms with Gasteiger partial charge in [0.2, 0.25) is 11.8 Å². The summed E-state index contributed by atoms with van der Waals surface area (Å²) in [4.78, 5) is 25.6. The van der Waals surface area contributed by atoms with E-state index in [2.05, 4.69) is 29.8 Å². The number of hydrogen-bond donors (Lipinski definition) is 3. The number of rotatable bonds is 5. The molecule has 0 spiro atoms. The van der Waals surface area contributed by atoms with Crippen molar-refractivity contribution in [2.45, 2.75) is 77.3 Å². The van der Waals surface area contributed by atoms with E-state index in [9.17, 15) is 9.59 Å². The summed E-state index contributed by atoms with van der Waals surface area (Å²) < 4.78 is 0. The maximum Gasteiger partial charge on any atom is 0.228 e. The van der Waals surface area contributed by atoms with E-state index in [1.807, 2.05) is 0 Å². The molecule has 0 aromatic rings. The molecular formula is C19H33N3O2. The van der Waals surface area contributed by atoms with Crippen molar-refractivity contribution in [3.05, 3.63) is 0 Å². The Hall–Kier alpha value is -1.10. The van der Waals surface area contributed by atoms with Gasteiger partial charge in [-0.25, -0.2) is 0 Å². The lowest BCUT2D eigenvalue weighted by Crippen LogP contribution is -2.50. The molecule has 0 radical (unpaired) electrons. The Balaban J connectivity index is 1.60. The molecule has 24 heavy (non-hydrogen) atoms. The number of hydrogen-bond acceptors (Lipinski definition) is 3. The van der Waals surface area contributed by atoms with Gasteiger partial charge in [0.05, 0.1) is 5.41 Å². The highest BCUT2D eigenvalue weighted by atomic mass is 16.2. The SMILES string of the molecule is CC1CCCC1NC(=O)CC1(C(=O)NC2CCCC2C)CCNC1. The first-order valence-electron chi connectivity index (χ1n) is 9.81. The standard InChI is InChI=1S/C19H33N3O2/c1-13-5-3-7-15(13)21-17(23)11-19(9-10-20-12-19)18(24)22-16-8-4-6-14(16)2/h13-16,20H,3-12H2,1-2H3,(H,21,23)(H,22,24). The van der Waals surface area contributed by atoms with Gasteiger partial charge >= 0.3 is 0 Å². The van der Waals surface area contributed by atoms with Crippen molar-refractivity contribution in [1.82, 2.24) is 16.0 Å². The molecule has 136 valence electrons. The lowest BCUT2D eigenvalue weighted by atomic mass is 9.81. The molecule has 1 saturated heterocycles. The smallest absolute Gasteiger partial charge is 0.228 e. The van der Waals surface area contributed by atoms with E-state index in [0.29, 0.717) is 30.8 Å². The first kappa shape index (κ1) is 17.7. The Morgan fingerprint density at radius 1 is 1.00 bits per heavy atom. The van der Waals surface area contributed by atoms with Gasteiger partial charge in [-0.3, -0.25) is 9.59 Å². The topological polar surface area (TPSA) is 70.2 Å². The summed E-state index contributed by atoms with van der Waals surface area (Å²) in [5.41, 5.74) is -0.561. The highest BCUT2D eigenvalue weighted by Crippen LogP contribution is 2.33. The van der Waals surface area contributed by atoms with Crippen molar-refractivity contribution in [3.8, 4) is 0 Å². The molecular weight excluding hydrogens is 302 g/mol. The first-order valence-corrected chi connectivity index (χ1v) is 9.81. The van der Waals surface area contributed by atoms with Gasteiger partial charge in [-0.15, -0.1) is 0 Å². The molecule has 5 heteroatoms. The van der Waals surface area contributed by atoms with E-state index in [1.165, 1.54) is 25.7 Å². The molecule has 5 unspecified atom stereocenters. The third-order valence-electron chi connectivity index (χ3n) is 6.61. The Morgan fingerprint density at radius 2 is 1.62 bits per heavy atom. The highest BCUT2D eigenvalue weighted by Gasteiger charge is 2.44. The number of carbonyl (C=O) groups is 2. The summed E-state index contributed by atoms with van der Waals surface area (Å²) >= 11 is 0. The van der Waals surface area contributed by atoms with E-state index >= 15 is 0 Å². The van der Waals surface area contributed by atoms with E-state index in [4.69, 9.17) is 0 Å². The molecule has 0 aromatic carbocycles. The van der Waals surface area contributed by atoms with Gasteiger partial charge in [0.25, 0.3) is 0 Å². The number of carbonyl (C=O) groups excluding carboxylic acids is 2. The summed E-state index contributed by atoms with van der Waals surface area (Å²) in [7, 11) is 0. The predicted molar refractivity (Wildman–Crippen MR) is 94.4 cm³/mol. The summed E-state index contributed by atoms with van der Waals surface area (Å²) in [5.74, 6) is 1.24. The Labute approximate surface area is 145 Å². The highest BCUT2D eigenvalue weighted by molar-refractivity contribution is 5.89. The molecule has 3 aliphatic rings. The molecule has 5 nitrogen and oxygen atoms in total. The zero-order valence-electron chi connectivity index (χ0n) is 15.2. The number of nitrogens with one attached hydrogen (secondary N) is 3. The zero-order chi connectivity index (χ0) is 17.2. The van der Waals surface area contributed by atoms with Crippen LogP contribution in [0.4, 0.5) is 0 Å². The number of amides is 2. The minimum absolute atomic E-state index is 0.0482. The van der Waals surface area contributed by atoms with Crippen LogP contribution < -0.4 is 16.0 Å². The van der Waals surface area contributed by atoms with Crippen LogP contribution in [0.25, 0.3) is 0 Å². The molecule has 2 aliphatic carbocycles. The molecule has 2 saturated carbocycles. The third kappa shape index (κ3) is 3.76. The van der Waals surface area contributed by atoms with Crippen LogP contribution in [-0.2, 0) is 9.59 Å². The molecule has 0 bridgehead atoms. The normalized spacial score (nSPS) is 39.1. The van der Waals surface area contributed by atoms with E-state index in [-0.39, 0.29) is 17.9 Å². The molecule has 1 heterocycles. The van der Waals surface area contributed by atoms with Crippen LogP contribution in [0.15, 0.2) is 0 Å². The van der Waals surface area contributed by atoms with Crippen LogP contribution in [0.3, 0.4) is 0 Å².